The lowest BCUT2D eigenvalue weighted by Crippen LogP contribution is -2.57. The molecule has 0 amide bonds. The second kappa shape index (κ2) is 4.84. The first-order chi connectivity index (χ1) is 7.33. The number of hydrogen-bond donors (Lipinski definition) is 2. The highest BCUT2D eigenvalue weighted by atomic mass is 19.4. The second-order valence-electron chi connectivity index (χ2n) is 4.00. The van der Waals surface area contributed by atoms with E-state index in [1.165, 1.54) is 0 Å². The predicted octanol–water partition coefficient (Wildman–Crippen LogP) is 2.06. The van der Waals surface area contributed by atoms with Crippen LogP contribution in [0.25, 0.3) is 0 Å². The summed E-state index contributed by atoms with van der Waals surface area (Å²) < 4.78 is 37.2. The van der Waals surface area contributed by atoms with E-state index in [-0.39, 0.29) is 6.54 Å². The maximum absolute atomic E-state index is 12.4. The number of nitrogens with two attached hydrogens (primary N) is 1. The Morgan fingerprint density at radius 2 is 1.75 bits per heavy atom. The average molecular weight is 232 g/mol. The van der Waals surface area contributed by atoms with Crippen molar-refractivity contribution >= 4 is 0 Å². The largest absolute Gasteiger partial charge is 0.407 e. The van der Waals surface area contributed by atoms with Crippen molar-refractivity contribution in [3.8, 4) is 0 Å². The Labute approximate surface area is 92.6 Å². The highest BCUT2D eigenvalue weighted by molar-refractivity contribution is 5.14. The molecule has 3 N–H and O–H groups in total. The minimum absolute atomic E-state index is 0.300. The van der Waals surface area contributed by atoms with E-state index in [1.54, 1.807) is 0 Å². The molecule has 0 aliphatic rings. The molecule has 0 unspecified atom stereocenters. The number of benzene rings is 1. The fourth-order valence-electron chi connectivity index (χ4n) is 1.16. The lowest BCUT2D eigenvalue weighted by molar-refractivity contribution is -0.179. The monoisotopic (exact) mass is 232 g/mol. The van der Waals surface area contributed by atoms with Crippen molar-refractivity contribution in [2.24, 2.45) is 5.73 Å². The van der Waals surface area contributed by atoms with Crippen LogP contribution in [0.15, 0.2) is 30.3 Å². The molecular formula is C11H15F3N2. The molecule has 5 heteroatoms. The van der Waals surface area contributed by atoms with Gasteiger partial charge in [-0.3, -0.25) is 0 Å². The smallest absolute Gasteiger partial charge is 0.317 e. The van der Waals surface area contributed by atoms with Gasteiger partial charge >= 0.3 is 6.18 Å². The van der Waals surface area contributed by atoms with Crippen molar-refractivity contribution in [1.82, 2.24) is 5.32 Å². The Morgan fingerprint density at radius 3 is 2.25 bits per heavy atom. The molecule has 0 spiro atoms. The number of halogens is 3. The van der Waals surface area contributed by atoms with Crippen molar-refractivity contribution < 1.29 is 13.2 Å². The molecule has 1 atom stereocenters. The number of rotatable bonds is 4. The van der Waals surface area contributed by atoms with E-state index in [1.807, 2.05) is 30.3 Å². The molecule has 0 saturated carbocycles. The fourth-order valence-corrected chi connectivity index (χ4v) is 1.16. The first-order valence-electron chi connectivity index (χ1n) is 4.93. The van der Waals surface area contributed by atoms with Crippen LogP contribution in [-0.4, -0.2) is 18.3 Å². The Kier molecular flexibility index (Phi) is 3.93. The molecule has 0 aliphatic heterocycles. The maximum atomic E-state index is 12.4. The van der Waals surface area contributed by atoms with Gasteiger partial charge in [-0.15, -0.1) is 0 Å². The van der Waals surface area contributed by atoms with Gasteiger partial charge in [-0.1, -0.05) is 30.3 Å². The summed E-state index contributed by atoms with van der Waals surface area (Å²) in [4.78, 5) is 0. The van der Waals surface area contributed by atoms with Crippen LogP contribution in [0, 0.1) is 0 Å². The molecule has 0 bridgehead atoms. The molecule has 2 nitrogen and oxygen atoms in total. The highest BCUT2D eigenvalue weighted by Crippen LogP contribution is 2.27. The van der Waals surface area contributed by atoms with Crippen LogP contribution in [0.4, 0.5) is 13.2 Å². The summed E-state index contributed by atoms with van der Waals surface area (Å²) in [5.41, 5.74) is 3.91. The van der Waals surface area contributed by atoms with Crippen molar-refractivity contribution in [1.29, 1.82) is 0 Å². The van der Waals surface area contributed by atoms with Gasteiger partial charge in [0, 0.05) is 13.1 Å². The molecule has 0 radical (unpaired) electrons. The standard InChI is InChI=1S/C11H15F3N2/c1-10(15,11(12,13)14)8-16-7-9-5-3-2-4-6-9/h2-6,16H,7-8,15H2,1H3/t10-/m1/s1. The molecule has 0 aromatic heterocycles. The highest BCUT2D eigenvalue weighted by Gasteiger charge is 2.47. The number of alkyl halides is 3. The van der Waals surface area contributed by atoms with E-state index in [2.05, 4.69) is 5.32 Å². The SMILES string of the molecule is C[C@@](N)(CNCc1ccccc1)C(F)(F)F. The van der Waals surface area contributed by atoms with Gasteiger partial charge in [-0.25, -0.2) is 0 Å². The third kappa shape index (κ3) is 3.50. The Bertz CT molecular complexity index is 320. The van der Waals surface area contributed by atoms with E-state index < -0.39 is 11.7 Å². The van der Waals surface area contributed by atoms with Gasteiger partial charge in [0.1, 0.15) is 5.54 Å². The molecule has 90 valence electrons. The van der Waals surface area contributed by atoms with Gasteiger partial charge in [-0.05, 0) is 12.5 Å². The molecule has 0 saturated heterocycles. The summed E-state index contributed by atoms with van der Waals surface area (Å²) in [6, 6.07) is 9.21. The zero-order chi connectivity index (χ0) is 12.2. The molecule has 0 fully saturated rings. The summed E-state index contributed by atoms with van der Waals surface area (Å²) in [5.74, 6) is 0. The van der Waals surface area contributed by atoms with Gasteiger partial charge in [0.15, 0.2) is 0 Å². The number of hydrogen-bond acceptors (Lipinski definition) is 2. The van der Waals surface area contributed by atoms with Crippen LogP contribution >= 0.6 is 0 Å². The van der Waals surface area contributed by atoms with Crippen LogP contribution in [0.3, 0.4) is 0 Å². The van der Waals surface area contributed by atoms with Crippen LogP contribution in [-0.2, 0) is 6.54 Å². The zero-order valence-corrected chi connectivity index (χ0v) is 9.01. The topological polar surface area (TPSA) is 38.0 Å². The third-order valence-electron chi connectivity index (χ3n) is 2.31. The zero-order valence-electron chi connectivity index (χ0n) is 9.01. The van der Waals surface area contributed by atoms with E-state index in [9.17, 15) is 13.2 Å². The Hall–Kier alpha value is -1.07. The molecule has 1 aromatic carbocycles. The van der Waals surface area contributed by atoms with E-state index in [0.29, 0.717) is 6.54 Å². The molecule has 1 rings (SSSR count). The van der Waals surface area contributed by atoms with Crippen LogP contribution in [0.5, 0.6) is 0 Å². The van der Waals surface area contributed by atoms with Gasteiger partial charge < -0.3 is 11.1 Å². The fraction of sp³-hybridized carbons (Fsp3) is 0.455. The third-order valence-corrected chi connectivity index (χ3v) is 2.31. The van der Waals surface area contributed by atoms with Crippen molar-refractivity contribution in [3.63, 3.8) is 0 Å². The normalized spacial score (nSPS) is 15.8. The maximum Gasteiger partial charge on any atom is 0.407 e. The quantitative estimate of drug-likeness (QED) is 0.833. The minimum atomic E-state index is -4.39. The summed E-state index contributed by atoms with van der Waals surface area (Å²) in [6.07, 6.45) is -4.39. The predicted molar refractivity (Wildman–Crippen MR) is 56.8 cm³/mol. The van der Waals surface area contributed by atoms with Crippen LogP contribution in [0.2, 0.25) is 0 Å². The van der Waals surface area contributed by atoms with Crippen molar-refractivity contribution in [2.45, 2.75) is 25.2 Å². The first-order valence-corrected chi connectivity index (χ1v) is 4.93. The van der Waals surface area contributed by atoms with E-state index in [0.717, 1.165) is 12.5 Å². The summed E-state index contributed by atoms with van der Waals surface area (Å²) in [6.45, 7) is 1.06. The average Bonchev–Trinajstić information content (AvgIpc) is 2.17. The molecule has 0 aliphatic carbocycles. The summed E-state index contributed by atoms with van der Waals surface area (Å²) >= 11 is 0. The minimum Gasteiger partial charge on any atom is -0.317 e. The Morgan fingerprint density at radius 1 is 1.19 bits per heavy atom. The van der Waals surface area contributed by atoms with Crippen molar-refractivity contribution in [3.05, 3.63) is 35.9 Å². The molecule has 16 heavy (non-hydrogen) atoms. The lowest BCUT2D eigenvalue weighted by atomic mass is 10.0. The van der Waals surface area contributed by atoms with Crippen LogP contribution < -0.4 is 11.1 Å². The van der Waals surface area contributed by atoms with Crippen molar-refractivity contribution in [2.75, 3.05) is 6.54 Å². The lowest BCUT2D eigenvalue weighted by Gasteiger charge is -2.27. The van der Waals surface area contributed by atoms with E-state index in [4.69, 9.17) is 5.73 Å². The molecular weight excluding hydrogens is 217 g/mol. The molecule has 1 aromatic rings. The van der Waals surface area contributed by atoms with Crippen LogP contribution in [0.1, 0.15) is 12.5 Å². The van der Waals surface area contributed by atoms with Gasteiger partial charge in [0.25, 0.3) is 0 Å². The van der Waals surface area contributed by atoms with Gasteiger partial charge in [-0.2, -0.15) is 13.2 Å². The van der Waals surface area contributed by atoms with Gasteiger partial charge in [0.2, 0.25) is 0 Å². The number of nitrogens with one attached hydrogen (secondary N) is 1. The Balaban J connectivity index is 2.42. The van der Waals surface area contributed by atoms with E-state index >= 15 is 0 Å². The molecule has 0 heterocycles. The summed E-state index contributed by atoms with van der Waals surface area (Å²) in [7, 11) is 0. The summed E-state index contributed by atoms with van der Waals surface area (Å²) in [5, 5.41) is 2.70. The van der Waals surface area contributed by atoms with Gasteiger partial charge in [0.05, 0.1) is 0 Å². The second-order valence-corrected chi connectivity index (χ2v) is 4.00. The first kappa shape index (κ1) is 13.0.